The molecule has 2 heterocycles. The maximum atomic E-state index is 13.0. The minimum atomic E-state index is -3.49. The normalized spacial score (nSPS) is 26.7. The van der Waals surface area contributed by atoms with E-state index in [0.29, 0.717) is 16.6 Å². The molecule has 0 radical (unpaired) electrons. The second kappa shape index (κ2) is 8.86. The zero-order chi connectivity index (χ0) is 19.4. The topological polar surface area (TPSA) is 70.7 Å². The molecule has 2 N–H and O–H groups in total. The first-order chi connectivity index (χ1) is 12.9. The lowest BCUT2D eigenvalue weighted by molar-refractivity contribution is 0.114. The Labute approximate surface area is 167 Å². The Morgan fingerprint density at radius 1 is 1.15 bits per heavy atom. The molecule has 2 aliphatic heterocycles. The van der Waals surface area contributed by atoms with E-state index in [9.17, 15) is 8.42 Å². The van der Waals surface area contributed by atoms with Crippen molar-refractivity contribution in [3.05, 3.63) is 24.3 Å². The maximum absolute atomic E-state index is 13.0. The number of benzene rings is 1. The zero-order valence-electron chi connectivity index (χ0n) is 16.0. The third kappa shape index (κ3) is 4.99. The summed E-state index contributed by atoms with van der Waals surface area (Å²) in [5.41, 5.74) is 0.763. The number of nitrogens with zero attached hydrogens (tertiary/aromatic N) is 1. The van der Waals surface area contributed by atoms with Crippen LogP contribution in [-0.4, -0.2) is 49.2 Å². The van der Waals surface area contributed by atoms with Crippen LogP contribution in [0.2, 0.25) is 0 Å². The highest BCUT2D eigenvalue weighted by Crippen LogP contribution is 2.29. The molecule has 0 saturated carbocycles. The van der Waals surface area contributed by atoms with Crippen molar-refractivity contribution >= 4 is 33.0 Å². The van der Waals surface area contributed by atoms with Gasteiger partial charge in [-0.05, 0) is 76.0 Å². The second-order valence-corrected chi connectivity index (χ2v) is 9.71. The fourth-order valence-electron chi connectivity index (χ4n) is 3.89. The molecule has 2 saturated heterocycles. The van der Waals surface area contributed by atoms with E-state index in [0.717, 1.165) is 44.4 Å². The molecule has 3 atom stereocenters. The highest BCUT2D eigenvalue weighted by Gasteiger charge is 2.35. The predicted molar refractivity (Wildman–Crippen MR) is 111 cm³/mol. The average molecular weight is 412 g/mol. The Morgan fingerprint density at radius 2 is 1.81 bits per heavy atom. The van der Waals surface area contributed by atoms with E-state index >= 15 is 0 Å². The van der Waals surface area contributed by atoms with E-state index in [4.69, 9.17) is 17.0 Å². The fraction of sp³-hybridized carbons (Fsp3) is 0.632. The fourth-order valence-corrected chi connectivity index (χ4v) is 5.97. The molecule has 0 aromatic heterocycles. The van der Waals surface area contributed by atoms with Crippen LogP contribution in [0.15, 0.2) is 29.2 Å². The van der Waals surface area contributed by atoms with E-state index in [-0.39, 0.29) is 18.2 Å². The van der Waals surface area contributed by atoms with Gasteiger partial charge < -0.3 is 15.4 Å². The summed E-state index contributed by atoms with van der Waals surface area (Å²) in [6, 6.07) is 6.87. The molecule has 0 bridgehead atoms. The van der Waals surface area contributed by atoms with Gasteiger partial charge in [0, 0.05) is 30.9 Å². The molecule has 150 valence electrons. The number of sulfonamides is 1. The summed E-state index contributed by atoms with van der Waals surface area (Å²) in [6.45, 7) is 5.47. The second-order valence-electron chi connectivity index (χ2n) is 7.46. The van der Waals surface area contributed by atoms with E-state index in [2.05, 4.69) is 10.6 Å². The van der Waals surface area contributed by atoms with E-state index in [1.165, 1.54) is 0 Å². The molecular weight excluding hydrogens is 382 g/mol. The summed E-state index contributed by atoms with van der Waals surface area (Å²) in [5, 5.41) is 6.76. The van der Waals surface area contributed by atoms with Gasteiger partial charge in [0.15, 0.2) is 5.11 Å². The highest BCUT2D eigenvalue weighted by molar-refractivity contribution is 7.89. The van der Waals surface area contributed by atoms with Gasteiger partial charge in [0.05, 0.1) is 11.0 Å². The monoisotopic (exact) mass is 411 g/mol. The van der Waals surface area contributed by atoms with Crippen molar-refractivity contribution in [2.75, 3.05) is 18.5 Å². The largest absolute Gasteiger partial charge is 0.376 e. The van der Waals surface area contributed by atoms with Crippen LogP contribution >= 0.6 is 12.2 Å². The third-order valence-electron chi connectivity index (χ3n) is 5.31. The van der Waals surface area contributed by atoms with Gasteiger partial charge in [-0.2, -0.15) is 4.31 Å². The molecule has 0 unspecified atom stereocenters. The molecule has 1 aromatic carbocycles. The van der Waals surface area contributed by atoms with Crippen LogP contribution in [0.25, 0.3) is 0 Å². The van der Waals surface area contributed by atoms with Crippen molar-refractivity contribution in [3.8, 4) is 0 Å². The first-order valence-electron chi connectivity index (χ1n) is 9.68. The van der Waals surface area contributed by atoms with Crippen molar-refractivity contribution in [1.29, 1.82) is 0 Å². The van der Waals surface area contributed by atoms with Gasteiger partial charge in [0.2, 0.25) is 10.0 Å². The zero-order valence-corrected chi connectivity index (χ0v) is 17.6. The van der Waals surface area contributed by atoms with Gasteiger partial charge in [0.1, 0.15) is 0 Å². The number of hydrogen-bond donors (Lipinski definition) is 2. The van der Waals surface area contributed by atoms with Crippen LogP contribution in [0.4, 0.5) is 5.69 Å². The molecule has 8 heteroatoms. The Balaban J connectivity index is 1.61. The number of rotatable bonds is 5. The summed E-state index contributed by atoms with van der Waals surface area (Å²) < 4.78 is 33.3. The van der Waals surface area contributed by atoms with Gasteiger partial charge in [-0.25, -0.2) is 8.42 Å². The predicted octanol–water partition coefficient (Wildman–Crippen LogP) is 3.10. The van der Waals surface area contributed by atoms with Gasteiger partial charge in [-0.15, -0.1) is 0 Å². The molecule has 2 aliphatic rings. The van der Waals surface area contributed by atoms with Crippen LogP contribution in [0.5, 0.6) is 0 Å². The third-order valence-corrected chi connectivity index (χ3v) is 7.70. The number of piperidine rings is 1. The van der Waals surface area contributed by atoms with Crippen molar-refractivity contribution in [1.82, 2.24) is 9.62 Å². The van der Waals surface area contributed by atoms with Crippen LogP contribution in [0.1, 0.15) is 46.0 Å². The highest BCUT2D eigenvalue weighted by atomic mass is 32.2. The number of nitrogens with one attached hydrogen (secondary N) is 2. The van der Waals surface area contributed by atoms with E-state index < -0.39 is 10.0 Å². The lowest BCUT2D eigenvalue weighted by Crippen LogP contribution is -2.47. The summed E-state index contributed by atoms with van der Waals surface area (Å²) in [7, 11) is -3.49. The van der Waals surface area contributed by atoms with Crippen molar-refractivity contribution < 1.29 is 13.2 Å². The molecule has 0 aliphatic carbocycles. The molecule has 0 spiro atoms. The summed E-state index contributed by atoms with van der Waals surface area (Å²) >= 11 is 5.31. The minimum absolute atomic E-state index is 0.0335. The molecule has 1 aromatic rings. The first kappa shape index (κ1) is 20.5. The lowest BCUT2D eigenvalue weighted by atomic mass is 10.0. The molecule has 0 amide bonds. The van der Waals surface area contributed by atoms with Crippen molar-refractivity contribution in [2.45, 2.75) is 69.0 Å². The Kier molecular flexibility index (Phi) is 6.73. The standard InChI is InChI=1S/C19H29N3O3S2/c1-14-5-3-6-15(2)22(14)27(23,24)18-10-8-16(9-11-18)21-19(26)20-13-17-7-4-12-25-17/h8-11,14-15,17H,3-7,12-13H2,1-2H3,(H2,20,21,26)/t14-,15-,17-/m1/s1. The summed E-state index contributed by atoms with van der Waals surface area (Å²) in [5.74, 6) is 0. The lowest BCUT2D eigenvalue weighted by Gasteiger charge is -2.37. The van der Waals surface area contributed by atoms with Gasteiger partial charge in [-0.1, -0.05) is 6.42 Å². The van der Waals surface area contributed by atoms with Gasteiger partial charge in [-0.3, -0.25) is 0 Å². The Bertz CT molecular complexity index is 736. The summed E-state index contributed by atoms with van der Waals surface area (Å²) in [6.07, 6.45) is 5.26. The Morgan fingerprint density at radius 3 is 2.41 bits per heavy atom. The molecule has 27 heavy (non-hydrogen) atoms. The number of thiocarbonyl (C=S) groups is 1. The van der Waals surface area contributed by atoms with Crippen molar-refractivity contribution in [3.63, 3.8) is 0 Å². The average Bonchev–Trinajstić information content (AvgIpc) is 3.14. The SMILES string of the molecule is C[C@@H]1CCC[C@@H](C)N1S(=O)(=O)c1ccc(NC(=S)NC[C@H]2CCCO2)cc1. The number of anilines is 1. The van der Waals surface area contributed by atoms with Crippen LogP contribution in [0, 0.1) is 0 Å². The van der Waals surface area contributed by atoms with Crippen LogP contribution < -0.4 is 10.6 Å². The first-order valence-corrected chi connectivity index (χ1v) is 11.5. The molecule has 6 nitrogen and oxygen atoms in total. The van der Waals surface area contributed by atoms with Crippen molar-refractivity contribution in [2.24, 2.45) is 0 Å². The summed E-state index contributed by atoms with van der Waals surface area (Å²) in [4.78, 5) is 0.326. The Hall–Kier alpha value is -1.22. The number of hydrogen-bond acceptors (Lipinski definition) is 4. The molecular formula is C19H29N3O3S2. The van der Waals surface area contributed by atoms with Crippen LogP contribution in [0.3, 0.4) is 0 Å². The molecule has 2 fully saturated rings. The quantitative estimate of drug-likeness (QED) is 0.726. The minimum Gasteiger partial charge on any atom is -0.376 e. The smallest absolute Gasteiger partial charge is 0.243 e. The number of ether oxygens (including phenoxy) is 1. The van der Waals surface area contributed by atoms with Gasteiger partial charge >= 0.3 is 0 Å². The van der Waals surface area contributed by atoms with E-state index in [1.54, 1.807) is 28.6 Å². The van der Waals surface area contributed by atoms with Gasteiger partial charge in [0.25, 0.3) is 0 Å². The van der Waals surface area contributed by atoms with E-state index in [1.807, 2.05) is 13.8 Å². The maximum Gasteiger partial charge on any atom is 0.243 e. The molecule has 3 rings (SSSR count). The van der Waals surface area contributed by atoms with Crippen LogP contribution in [-0.2, 0) is 14.8 Å².